The van der Waals surface area contributed by atoms with Crippen LogP contribution < -0.4 is 15.4 Å². The summed E-state index contributed by atoms with van der Waals surface area (Å²) in [4.78, 5) is 4.24. The highest BCUT2D eigenvalue weighted by Crippen LogP contribution is 2.21. The molecule has 0 saturated heterocycles. The molecule has 0 atom stereocenters. The molecule has 0 bridgehead atoms. The van der Waals surface area contributed by atoms with E-state index in [-0.39, 0.29) is 23.2 Å². The topological polar surface area (TPSA) is 72.2 Å². The monoisotopic (exact) mass is 376 g/mol. The van der Waals surface area contributed by atoms with Crippen molar-refractivity contribution in [1.29, 1.82) is 0 Å². The highest BCUT2D eigenvalue weighted by atomic mass is 32.1. The van der Waals surface area contributed by atoms with Crippen molar-refractivity contribution in [3.63, 3.8) is 0 Å². The molecule has 0 unspecified atom stereocenters. The molecule has 6 nitrogen and oxygen atoms in total. The van der Waals surface area contributed by atoms with Gasteiger partial charge in [-0.3, -0.25) is 0 Å². The first-order valence-corrected chi connectivity index (χ1v) is 7.93. The number of benzene rings is 2. The van der Waals surface area contributed by atoms with Gasteiger partial charge in [0.2, 0.25) is 11.7 Å². The molecular formula is C17H14F2N4O2S. The Hall–Kier alpha value is -3.07. The molecule has 0 aliphatic carbocycles. The second-order valence-electron chi connectivity index (χ2n) is 5.15. The zero-order chi connectivity index (χ0) is 18.5. The van der Waals surface area contributed by atoms with Gasteiger partial charge in [-0.1, -0.05) is 23.4 Å². The lowest BCUT2D eigenvalue weighted by molar-refractivity contribution is 0.376. The SMILES string of the molecule is COc1cccc(-c2noc(CNC(=S)Nc3c(F)cccc3F)n2)c1. The summed E-state index contributed by atoms with van der Waals surface area (Å²) in [7, 11) is 1.57. The van der Waals surface area contributed by atoms with Crippen molar-refractivity contribution in [2.45, 2.75) is 6.54 Å². The zero-order valence-corrected chi connectivity index (χ0v) is 14.4. The summed E-state index contributed by atoms with van der Waals surface area (Å²) in [6.45, 7) is 0.0961. The van der Waals surface area contributed by atoms with E-state index in [1.54, 1.807) is 19.2 Å². The van der Waals surface area contributed by atoms with E-state index >= 15 is 0 Å². The maximum absolute atomic E-state index is 13.6. The van der Waals surface area contributed by atoms with Gasteiger partial charge in [0.15, 0.2) is 5.11 Å². The molecule has 0 aliphatic heterocycles. The van der Waals surface area contributed by atoms with Crippen LogP contribution in [0.3, 0.4) is 0 Å². The summed E-state index contributed by atoms with van der Waals surface area (Å²) in [6, 6.07) is 10.7. The van der Waals surface area contributed by atoms with Gasteiger partial charge in [0, 0.05) is 5.56 Å². The van der Waals surface area contributed by atoms with Crippen LogP contribution in [0.2, 0.25) is 0 Å². The van der Waals surface area contributed by atoms with Gasteiger partial charge in [-0.25, -0.2) is 8.78 Å². The Morgan fingerprint density at radius 2 is 1.92 bits per heavy atom. The fourth-order valence-electron chi connectivity index (χ4n) is 2.14. The summed E-state index contributed by atoms with van der Waals surface area (Å²) in [6.07, 6.45) is 0. The molecule has 9 heteroatoms. The van der Waals surface area contributed by atoms with Gasteiger partial charge in [0.05, 0.1) is 13.7 Å². The Bertz CT molecular complexity index is 912. The number of aromatic nitrogens is 2. The standard InChI is InChI=1S/C17H14F2N4O2S/c1-24-11-5-2-4-10(8-11)16-21-14(25-23-16)9-20-17(26)22-15-12(18)6-3-7-13(15)19/h2-8H,9H2,1H3,(H2,20,22,26). The van der Waals surface area contributed by atoms with Crippen LogP contribution in [-0.4, -0.2) is 22.4 Å². The predicted molar refractivity (Wildman–Crippen MR) is 95.7 cm³/mol. The Morgan fingerprint density at radius 1 is 1.19 bits per heavy atom. The minimum absolute atomic E-state index is 0.0233. The number of hydrogen-bond acceptors (Lipinski definition) is 5. The van der Waals surface area contributed by atoms with Gasteiger partial charge in [0.1, 0.15) is 23.1 Å². The first-order valence-electron chi connectivity index (χ1n) is 7.52. The van der Waals surface area contributed by atoms with Crippen LogP contribution in [0.15, 0.2) is 47.0 Å². The smallest absolute Gasteiger partial charge is 0.246 e. The Kier molecular flexibility index (Phi) is 5.37. The Labute approximate surface area is 153 Å². The van der Waals surface area contributed by atoms with Crippen LogP contribution >= 0.6 is 12.2 Å². The lowest BCUT2D eigenvalue weighted by Gasteiger charge is -2.10. The van der Waals surface area contributed by atoms with E-state index in [1.807, 2.05) is 12.1 Å². The van der Waals surface area contributed by atoms with Crippen molar-refractivity contribution in [3.8, 4) is 17.1 Å². The summed E-state index contributed by atoms with van der Waals surface area (Å²) in [5.74, 6) is -0.163. The number of halogens is 2. The molecule has 3 rings (SSSR count). The first-order chi connectivity index (χ1) is 12.6. The molecule has 1 aromatic heterocycles. The zero-order valence-electron chi connectivity index (χ0n) is 13.6. The number of methoxy groups -OCH3 is 1. The van der Waals surface area contributed by atoms with E-state index in [0.29, 0.717) is 11.6 Å². The number of thiocarbonyl (C=S) groups is 1. The van der Waals surface area contributed by atoms with Crippen LogP contribution in [0.5, 0.6) is 5.75 Å². The number of hydrogen-bond donors (Lipinski definition) is 2. The van der Waals surface area contributed by atoms with E-state index in [2.05, 4.69) is 20.8 Å². The minimum Gasteiger partial charge on any atom is -0.497 e. The number of nitrogens with zero attached hydrogens (tertiary/aromatic N) is 2. The second-order valence-corrected chi connectivity index (χ2v) is 5.56. The predicted octanol–water partition coefficient (Wildman–Crippen LogP) is 3.51. The van der Waals surface area contributed by atoms with Crippen molar-refractivity contribution in [2.24, 2.45) is 0 Å². The molecule has 0 spiro atoms. The highest BCUT2D eigenvalue weighted by Gasteiger charge is 2.12. The van der Waals surface area contributed by atoms with Crippen LogP contribution in [0.25, 0.3) is 11.4 Å². The maximum Gasteiger partial charge on any atom is 0.246 e. The average Bonchev–Trinajstić information content (AvgIpc) is 3.12. The van der Waals surface area contributed by atoms with Crippen LogP contribution in [0.1, 0.15) is 5.89 Å². The third-order valence-electron chi connectivity index (χ3n) is 3.40. The molecule has 26 heavy (non-hydrogen) atoms. The molecule has 0 saturated carbocycles. The molecular weight excluding hydrogens is 362 g/mol. The quantitative estimate of drug-likeness (QED) is 0.660. The maximum atomic E-state index is 13.6. The molecule has 134 valence electrons. The van der Waals surface area contributed by atoms with E-state index in [4.69, 9.17) is 21.5 Å². The summed E-state index contributed by atoms with van der Waals surface area (Å²) in [5, 5.41) is 9.13. The number of para-hydroxylation sites is 1. The summed E-state index contributed by atoms with van der Waals surface area (Å²) < 4.78 is 37.5. The van der Waals surface area contributed by atoms with Crippen molar-refractivity contribution < 1.29 is 18.0 Å². The van der Waals surface area contributed by atoms with Crippen molar-refractivity contribution >= 4 is 23.0 Å². The summed E-state index contributed by atoms with van der Waals surface area (Å²) >= 11 is 5.03. The van der Waals surface area contributed by atoms with E-state index in [0.717, 1.165) is 17.7 Å². The lowest BCUT2D eigenvalue weighted by Crippen LogP contribution is -2.28. The molecule has 0 radical (unpaired) electrons. The van der Waals surface area contributed by atoms with Crippen LogP contribution in [0, 0.1) is 11.6 Å². The van der Waals surface area contributed by atoms with Crippen molar-refractivity contribution in [2.75, 3.05) is 12.4 Å². The second kappa shape index (κ2) is 7.87. The van der Waals surface area contributed by atoms with Gasteiger partial charge in [0.25, 0.3) is 0 Å². The number of rotatable bonds is 5. The van der Waals surface area contributed by atoms with Gasteiger partial charge in [-0.2, -0.15) is 4.98 Å². The lowest BCUT2D eigenvalue weighted by atomic mass is 10.2. The fourth-order valence-corrected chi connectivity index (χ4v) is 2.31. The average molecular weight is 376 g/mol. The number of anilines is 1. The molecule has 0 aliphatic rings. The molecule has 0 fully saturated rings. The van der Waals surface area contributed by atoms with Gasteiger partial charge in [-0.15, -0.1) is 0 Å². The van der Waals surface area contributed by atoms with Crippen molar-refractivity contribution in [1.82, 2.24) is 15.5 Å². The van der Waals surface area contributed by atoms with Crippen LogP contribution in [0.4, 0.5) is 14.5 Å². The van der Waals surface area contributed by atoms with E-state index in [1.165, 1.54) is 6.07 Å². The number of ether oxygens (including phenoxy) is 1. The highest BCUT2D eigenvalue weighted by molar-refractivity contribution is 7.80. The largest absolute Gasteiger partial charge is 0.497 e. The van der Waals surface area contributed by atoms with E-state index in [9.17, 15) is 8.78 Å². The molecule has 0 amide bonds. The van der Waals surface area contributed by atoms with Gasteiger partial charge >= 0.3 is 0 Å². The van der Waals surface area contributed by atoms with Gasteiger partial charge in [-0.05, 0) is 36.5 Å². The molecule has 2 aromatic carbocycles. The third-order valence-corrected chi connectivity index (χ3v) is 3.64. The molecule has 3 aromatic rings. The number of nitrogens with one attached hydrogen (secondary N) is 2. The molecule has 2 N–H and O–H groups in total. The fraction of sp³-hybridized carbons (Fsp3) is 0.118. The third kappa shape index (κ3) is 4.12. The van der Waals surface area contributed by atoms with E-state index < -0.39 is 11.6 Å². The van der Waals surface area contributed by atoms with Gasteiger partial charge < -0.3 is 19.9 Å². The molecule has 1 heterocycles. The Morgan fingerprint density at radius 3 is 2.65 bits per heavy atom. The van der Waals surface area contributed by atoms with Crippen LogP contribution in [-0.2, 0) is 6.54 Å². The summed E-state index contributed by atoms with van der Waals surface area (Å²) in [5.41, 5.74) is 0.404. The Balaban J connectivity index is 1.62. The first kappa shape index (κ1) is 17.7. The minimum atomic E-state index is -0.743. The normalized spacial score (nSPS) is 10.4. The van der Waals surface area contributed by atoms with Crippen molar-refractivity contribution in [3.05, 3.63) is 60.0 Å².